The van der Waals surface area contributed by atoms with E-state index in [9.17, 15) is 31.4 Å². The van der Waals surface area contributed by atoms with Gasteiger partial charge in [0.25, 0.3) is 0 Å². The van der Waals surface area contributed by atoms with Gasteiger partial charge in [-0.05, 0) is 30.5 Å². The summed E-state index contributed by atoms with van der Waals surface area (Å²) in [4.78, 5) is 0. The largest absolute Gasteiger partial charge is 0.508 e. The lowest BCUT2D eigenvalue weighted by atomic mass is 9.90. The van der Waals surface area contributed by atoms with Crippen LogP contribution in [0, 0.1) is 0 Å². The van der Waals surface area contributed by atoms with E-state index in [-0.39, 0.29) is 6.07 Å². The minimum Gasteiger partial charge on any atom is -0.508 e. The molecule has 0 radical (unpaired) electrons. The highest BCUT2D eigenvalue weighted by Gasteiger charge is 2.40. The first-order valence-electron chi connectivity index (χ1n) is 6.48. The van der Waals surface area contributed by atoms with Crippen LogP contribution in [0.3, 0.4) is 0 Å². The third-order valence-corrected chi connectivity index (χ3v) is 5.60. The Hall–Kier alpha value is -1.01. The molecule has 0 aliphatic rings. The van der Waals surface area contributed by atoms with Crippen LogP contribution < -0.4 is 0 Å². The van der Waals surface area contributed by atoms with Crippen LogP contribution in [0.1, 0.15) is 36.0 Å². The zero-order valence-corrected chi connectivity index (χ0v) is 15.4. The van der Waals surface area contributed by atoms with Crippen LogP contribution in [0.4, 0.5) is 26.3 Å². The van der Waals surface area contributed by atoms with Gasteiger partial charge in [0.05, 0.1) is 11.1 Å². The van der Waals surface area contributed by atoms with E-state index in [1.807, 2.05) is 0 Å². The molecule has 1 rings (SSSR count). The molecule has 2 nitrogen and oxygen atoms in total. The number of halogens is 6. The van der Waals surface area contributed by atoms with Crippen molar-refractivity contribution in [3.05, 3.63) is 28.8 Å². The Kier molecular flexibility index (Phi) is 6.10. The zero-order chi connectivity index (χ0) is 17.1. The van der Waals surface area contributed by atoms with Crippen molar-refractivity contribution in [1.29, 1.82) is 0 Å². The normalized spacial score (nSPS) is 14.9. The van der Waals surface area contributed by atoms with Crippen LogP contribution in [0.25, 0.3) is 0 Å². The average molecular weight is 362 g/mol. The standard InChI is InChI=1S/C12H16F6O2Si2/c1-6(2-3-22-20-21)10-8(12(16,17)18)4-7(5-9(10)19)11(13,14)15/h4-6,19H,2-3,22H2,1,21H3. The summed E-state index contributed by atoms with van der Waals surface area (Å²) in [6, 6.07) is 1.01. The third kappa shape index (κ3) is 4.75. The van der Waals surface area contributed by atoms with Gasteiger partial charge in [0.1, 0.15) is 26.0 Å². The van der Waals surface area contributed by atoms with Gasteiger partial charge in [-0.3, -0.25) is 0 Å². The Morgan fingerprint density at radius 1 is 1.18 bits per heavy atom. The summed E-state index contributed by atoms with van der Waals surface area (Å²) in [6.45, 7) is 1.46. The molecule has 0 heterocycles. The number of phenols is 1. The maximum atomic E-state index is 13.1. The minimum absolute atomic E-state index is 0.0617. The van der Waals surface area contributed by atoms with Crippen LogP contribution >= 0.6 is 0 Å². The molecule has 0 bridgehead atoms. The Balaban J connectivity index is 3.31. The predicted octanol–water partition coefficient (Wildman–Crippen LogP) is 2.72. The number of aromatic hydroxyl groups is 1. The average Bonchev–Trinajstić information content (AvgIpc) is 2.35. The lowest BCUT2D eigenvalue weighted by Gasteiger charge is -2.21. The molecule has 0 saturated carbocycles. The molecule has 0 spiro atoms. The monoisotopic (exact) mass is 362 g/mol. The second-order valence-corrected chi connectivity index (χ2v) is 8.41. The molecule has 1 atom stereocenters. The molecular weight excluding hydrogens is 346 g/mol. The van der Waals surface area contributed by atoms with E-state index in [1.54, 1.807) is 0 Å². The first kappa shape index (κ1) is 19.0. The van der Waals surface area contributed by atoms with Gasteiger partial charge in [0.2, 0.25) is 0 Å². The molecule has 0 saturated heterocycles. The lowest BCUT2D eigenvalue weighted by molar-refractivity contribution is -0.143. The molecule has 1 N–H and O–H groups in total. The number of hydrogen-bond acceptors (Lipinski definition) is 2. The molecular formula is C12H16F6O2Si2. The molecule has 22 heavy (non-hydrogen) atoms. The molecule has 0 fully saturated rings. The summed E-state index contributed by atoms with van der Waals surface area (Å²) in [6.07, 6.45) is -9.59. The van der Waals surface area contributed by atoms with E-state index < -0.39 is 50.5 Å². The number of phenolic OH excluding ortho intramolecular Hbond substituents is 1. The molecule has 10 heteroatoms. The van der Waals surface area contributed by atoms with Crippen molar-refractivity contribution in [2.75, 3.05) is 0 Å². The maximum absolute atomic E-state index is 13.1. The highest BCUT2D eigenvalue weighted by atomic mass is 28.3. The van der Waals surface area contributed by atoms with Gasteiger partial charge < -0.3 is 9.22 Å². The summed E-state index contributed by atoms with van der Waals surface area (Å²) in [5.41, 5.74) is -3.42. The van der Waals surface area contributed by atoms with E-state index in [4.69, 9.17) is 4.12 Å². The SMILES string of the molecule is CC(CC[SiH2]O[SiH3])c1c(O)cc(C(F)(F)F)cc1C(F)(F)F. The van der Waals surface area contributed by atoms with Gasteiger partial charge in [0, 0.05) is 5.56 Å². The van der Waals surface area contributed by atoms with E-state index >= 15 is 0 Å². The summed E-state index contributed by atoms with van der Waals surface area (Å²) in [5, 5.41) is 9.71. The summed E-state index contributed by atoms with van der Waals surface area (Å²) in [5.74, 6) is -1.67. The van der Waals surface area contributed by atoms with Crippen molar-refractivity contribution >= 4 is 20.2 Å². The second-order valence-electron chi connectivity index (χ2n) is 4.99. The highest BCUT2D eigenvalue weighted by molar-refractivity contribution is 6.34. The third-order valence-electron chi connectivity index (χ3n) is 3.27. The molecule has 1 aromatic carbocycles. The quantitative estimate of drug-likeness (QED) is 0.496. The molecule has 0 amide bonds. The van der Waals surface area contributed by atoms with E-state index in [0.717, 1.165) is 0 Å². The Bertz CT molecular complexity index is 516. The first-order chi connectivity index (χ1) is 9.98. The van der Waals surface area contributed by atoms with Crippen LogP contribution in [-0.2, 0) is 16.5 Å². The fourth-order valence-electron chi connectivity index (χ4n) is 2.23. The van der Waals surface area contributed by atoms with Crippen LogP contribution in [0.2, 0.25) is 6.04 Å². The van der Waals surface area contributed by atoms with Crippen LogP contribution in [0.5, 0.6) is 5.75 Å². The summed E-state index contributed by atoms with van der Waals surface area (Å²) in [7, 11) is -0.237. The molecule has 1 aromatic rings. The Morgan fingerprint density at radius 3 is 2.23 bits per heavy atom. The molecule has 0 aromatic heterocycles. The van der Waals surface area contributed by atoms with Crippen molar-refractivity contribution in [2.45, 2.75) is 37.7 Å². The number of hydrogen-bond donors (Lipinski definition) is 1. The number of alkyl halides is 6. The van der Waals surface area contributed by atoms with Gasteiger partial charge in [-0.2, -0.15) is 26.3 Å². The minimum atomic E-state index is -4.96. The topological polar surface area (TPSA) is 29.5 Å². The van der Waals surface area contributed by atoms with Crippen molar-refractivity contribution in [2.24, 2.45) is 0 Å². The van der Waals surface area contributed by atoms with Crippen molar-refractivity contribution < 1.29 is 35.6 Å². The second kappa shape index (κ2) is 7.05. The van der Waals surface area contributed by atoms with Crippen molar-refractivity contribution in [3.8, 4) is 5.75 Å². The van der Waals surface area contributed by atoms with Gasteiger partial charge in [0.15, 0.2) is 0 Å². The molecule has 1 unspecified atom stereocenters. The van der Waals surface area contributed by atoms with Gasteiger partial charge in [-0.25, -0.2) is 0 Å². The Morgan fingerprint density at radius 2 is 1.77 bits per heavy atom. The van der Waals surface area contributed by atoms with Gasteiger partial charge in [-0.1, -0.05) is 6.92 Å². The lowest BCUT2D eigenvalue weighted by Crippen LogP contribution is -2.15. The molecule has 126 valence electrons. The van der Waals surface area contributed by atoms with Crippen LogP contribution in [0.15, 0.2) is 12.1 Å². The van der Waals surface area contributed by atoms with Crippen LogP contribution in [-0.4, -0.2) is 25.4 Å². The van der Waals surface area contributed by atoms with E-state index in [0.29, 0.717) is 29.0 Å². The molecule has 0 aliphatic carbocycles. The summed E-state index contributed by atoms with van der Waals surface area (Å²) < 4.78 is 82.1. The van der Waals surface area contributed by atoms with Crippen molar-refractivity contribution in [1.82, 2.24) is 0 Å². The first-order valence-corrected chi connectivity index (χ1v) is 8.88. The predicted molar refractivity (Wildman–Crippen MR) is 75.5 cm³/mol. The number of rotatable bonds is 5. The summed E-state index contributed by atoms with van der Waals surface area (Å²) >= 11 is 0. The fraction of sp³-hybridized carbons (Fsp3) is 0.500. The zero-order valence-electron chi connectivity index (χ0n) is 12.0. The smallest absolute Gasteiger partial charge is 0.416 e. The van der Waals surface area contributed by atoms with E-state index in [2.05, 4.69) is 0 Å². The fourth-order valence-corrected chi connectivity index (χ4v) is 4.17. The molecule has 0 aliphatic heterocycles. The van der Waals surface area contributed by atoms with E-state index in [1.165, 1.54) is 6.92 Å². The highest BCUT2D eigenvalue weighted by Crippen LogP contribution is 2.44. The number of benzene rings is 1. The van der Waals surface area contributed by atoms with Gasteiger partial charge in [-0.15, -0.1) is 0 Å². The Labute approximate surface area is 129 Å². The van der Waals surface area contributed by atoms with Gasteiger partial charge >= 0.3 is 12.4 Å². The maximum Gasteiger partial charge on any atom is 0.416 e. The van der Waals surface area contributed by atoms with Crippen molar-refractivity contribution in [3.63, 3.8) is 0 Å².